The average Bonchev–Trinajstić information content (AvgIpc) is 3.23. The van der Waals surface area contributed by atoms with E-state index in [0.29, 0.717) is 26.2 Å². The number of benzene rings is 2. The van der Waals surface area contributed by atoms with Crippen molar-refractivity contribution in [2.24, 2.45) is 0 Å². The first-order chi connectivity index (χ1) is 15.6. The van der Waals surface area contributed by atoms with E-state index in [0.717, 1.165) is 50.1 Å². The van der Waals surface area contributed by atoms with Crippen LogP contribution in [0.5, 0.6) is 5.75 Å². The summed E-state index contributed by atoms with van der Waals surface area (Å²) < 4.78 is 6.34. The van der Waals surface area contributed by atoms with E-state index in [1.54, 1.807) is 6.33 Å². The van der Waals surface area contributed by atoms with Gasteiger partial charge in [0.05, 0.1) is 28.7 Å². The molecule has 6 rings (SSSR count). The van der Waals surface area contributed by atoms with Gasteiger partial charge in [-0.25, -0.2) is 9.97 Å². The average molecular weight is 426 g/mol. The van der Waals surface area contributed by atoms with Crippen molar-refractivity contribution in [1.29, 1.82) is 0 Å². The second-order valence-corrected chi connectivity index (χ2v) is 8.30. The molecule has 0 aliphatic carbocycles. The summed E-state index contributed by atoms with van der Waals surface area (Å²) in [5.41, 5.74) is 5.13. The third-order valence-corrected chi connectivity index (χ3v) is 6.48. The van der Waals surface area contributed by atoms with Crippen LogP contribution in [0.2, 0.25) is 0 Å². The molecule has 1 amide bonds. The third-order valence-electron chi connectivity index (χ3n) is 6.48. The van der Waals surface area contributed by atoms with Gasteiger partial charge in [0.2, 0.25) is 5.91 Å². The number of hydrogen-bond donors (Lipinski definition) is 1. The van der Waals surface area contributed by atoms with Crippen molar-refractivity contribution in [3.05, 3.63) is 55.0 Å². The smallest absolute Gasteiger partial charge is 0.246 e. The summed E-state index contributed by atoms with van der Waals surface area (Å²) in [6.45, 7) is 8.07. The molecule has 2 aliphatic heterocycles. The topological polar surface area (TPSA) is 87.2 Å². The molecule has 4 heterocycles. The van der Waals surface area contributed by atoms with Crippen LogP contribution in [-0.2, 0) is 4.79 Å². The van der Waals surface area contributed by atoms with E-state index in [1.165, 1.54) is 6.08 Å². The van der Waals surface area contributed by atoms with Gasteiger partial charge in [0.1, 0.15) is 24.5 Å². The maximum absolute atomic E-state index is 12.2. The van der Waals surface area contributed by atoms with Crippen LogP contribution in [0, 0.1) is 6.92 Å². The molecule has 1 N–H and O–H groups in total. The molecule has 32 heavy (non-hydrogen) atoms. The standard InChI is InChI=1S/C24H22N6O2/c1-3-21(31)29-6-7-30-16(11-29)12-32-20-9-15(8-19-23(20)24(30)26-13-25-19)22-14(2)4-5-18-17(22)10-27-28-18/h3-5,8-10,13,16H,1,6-7,11-12H2,2H3,(H,27,28)/t16-/m1/s1. The molecule has 2 aromatic carbocycles. The third kappa shape index (κ3) is 2.76. The highest BCUT2D eigenvalue weighted by molar-refractivity contribution is 6.02. The number of aromatic amines is 1. The number of aromatic nitrogens is 4. The zero-order valence-electron chi connectivity index (χ0n) is 17.7. The quantitative estimate of drug-likeness (QED) is 0.496. The number of H-pyrrole nitrogens is 1. The summed E-state index contributed by atoms with van der Waals surface area (Å²) in [6, 6.07) is 8.33. The molecule has 0 bridgehead atoms. The number of ether oxygens (including phenoxy) is 1. The Hall–Kier alpha value is -3.94. The van der Waals surface area contributed by atoms with E-state index >= 15 is 0 Å². The van der Waals surface area contributed by atoms with Crippen LogP contribution < -0.4 is 9.64 Å². The first-order valence-electron chi connectivity index (χ1n) is 10.7. The van der Waals surface area contributed by atoms with Crippen molar-refractivity contribution in [3.63, 3.8) is 0 Å². The highest BCUT2D eigenvalue weighted by atomic mass is 16.5. The maximum atomic E-state index is 12.2. The van der Waals surface area contributed by atoms with Gasteiger partial charge in [-0.15, -0.1) is 0 Å². The Balaban J connectivity index is 1.49. The SMILES string of the molecule is C=CC(=O)N1CCN2c3ncnc4cc(-c5c(C)ccc6[nH]ncc56)cc(c34)OC[C@H]2C1. The van der Waals surface area contributed by atoms with E-state index in [1.807, 2.05) is 17.2 Å². The molecule has 1 fully saturated rings. The van der Waals surface area contributed by atoms with Crippen molar-refractivity contribution < 1.29 is 9.53 Å². The van der Waals surface area contributed by atoms with Gasteiger partial charge in [-0.2, -0.15) is 5.10 Å². The number of aryl methyl sites for hydroxylation is 1. The van der Waals surface area contributed by atoms with Crippen LogP contribution in [-0.4, -0.2) is 63.3 Å². The van der Waals surface area contributed by atoms with Gasteiger partial charge in [0.15, 0.2) is 0 Å². The van der Waals surface area contributed by atoms with Gasteiger partial charge in [0.25, 0.3) is 0 Å². The van der Waals surface area contributed by atoms with E-state index in [-0.39, 0.29) is 11.9 Å². The van der Waals surface area contributed by atoms with Gasteiger partial charge in [-0.1, -0.05) is 12.6 Å². The lowest BCUT2D eigenvalue weighted by atomic mass is 9.95. The number of carbonyl (C=O) groups is 1. The van der Waals surface area contributed by atoms with Crippen LogP contribution in [0.25, 0.3) is 32.9 Å². The Labute approximate surface area is 184 Å². The number of amides is 1. The number of nitrogens with one attached hydrogen (secondary N) is 1. The van der Waals surface area contributed by atoms with E-state index in [2.05, 4.69) is 56.8 Å². The molecule has 0 spiro atoms. The second kappa shape index (κ2) is 7.05. The fraction of sp³-hybridized carbons (Fsp3) is 0.250. The summed E-state index contributed by atoms with van der Waals surface area (Å²) in [4.78, 5) is 25.4. The predicted molar refractivity (Wildman–Crippen MR) is 123 cm³/mol. The number of nitrogens with zero attached hydrogens (tertiary/aromatic N) is 5. The summed E-state index contributed by atoms with van der Waals surface area (Å²) >= 11 is 0. The van der Waals surface area contributed by atoms with Gasteiger partial charge in [-0.3, -0.25) is 9.89 Å². The molecule has 4 aromatic rings. The predicted octanol–water partition coefficient (Wildman–Crippen LogP) is 3.08. The number of piperazine rings is 1. The lowest BCUT2D eigenvalue weighted by molar-refractivity contribution is -0.126. The Morgan fingerprint density at radius 2 is 2.19 bits per heavy atom. The zero-order valence-corrected chi connectivity index (χ0v) is 17.7. The summed E-state index contributed by atoms with van der Waals surface area (Å²) in [5.74, 6) is 1.58. The molecule has 0 saturated carbocycles. The summed E-state index contributed by atoms with van der Waals surface area (Å²) in [7, 11) is 0. The number of fused-ring (bicyclic) bond motifs is 3. The lowest BCUT2D eigenvalue weighted by Gasteiger charge is -2.40. The monoisotopic (exact) mass is 426 g/mol. The van der Waals surface area contributed by atoms with Crippen LogP contribution in [0.15, 0.2) is 49.4 Å². The van der Waals surface area contributed by atoms with Crippen molar-refractivity contribution >= 4 is 33.5 Å². The van der Waals surface area contributed by atoms with Gasteiger partial charge in [-0.05, 0) is 47.9 Å². The largest absolute Gasteiger partial charge is 0.490 e. The first-order valence-corrected chi connectivity index (χ1v) is 10.7. The fourth-order valence-electron chi connectivity index (χ4n) is 4.92. The first kappa shape index (κ1) is 18.8. The molecule has 1 atom stereocenters. The van der Waals surface area contributed by atoms with Gasteiger partial charge >= 0.3 is 0 Å². The molecule has 2 aromatic heterocycles. The molecular weight excluding hydrogens is 404 g/mol. The molecule has 160 valence electrons. The minimum atomic E-state index is -0.0507. The molecule has 0 unspecified atom stereocenters. The van der Waals surface area contributed by atoms with E-state index in [4.69, 9.17) is 4.74 Å². The minimum Gasteiger partial charge on any atom is -0.490 e. The number of rotatable bonds is 2. The van der Waals surface area contributed by atoms with Crippen LogP contribution in [0.4, 0.5) is 5.82 Å². The summed E-state index contributed by atoms with van der Waals surface area (Å²) in [5, 5.41) is 9.26. The Bertz CT molecular complexity index is 1390. The van der Waals surface area contributed by atoms with Gasteiger partial charge in [0, 0.05) is 25.0 Å². The number of hydrogen-bond acceptors (Lipinski definition) is 6. The Kier molecular flexibility index (Phi) is 4.14. The van der Waals surface area contributed by atoms with Crippen molar-refractivity contribution in [3.8, 4) is 16.9 Å². The molecule has 2 aliphatic rings. The van der Waals surface area contributed by atoms with Crippen LogP contribution in [0.3, 0.4) is 0 Å². The summed E-state index contributed by atoms with van der Waals surface area (Å²) in [6.07, 6.45) is 4.84. The molecule has 0 radical (unpaired) electrons. The second-order valence-electron chi connectivity index (χ2n) is 8.30. The highest BCUT2D eigenvalue weighted by Gasteiger charge is 2.34. The van der Waals surface area contributed by atoms with E-state index in [9.17, 15) is 4.79 Å². The number of carbonyl (C=O) groups excluding carboxylic acids is 1. The van der Waals surface area contributed by atoms with E-state index < -0.39 is 0 Å². The number of anilines is 1. The van der Waals surface area contributed by atoms with Crippen molar-refractivity contribution in [2.45, 2.75) is 13.0 Å². The Morgan fingerprint density at radius 1 is 1.28 bits per heavy atom. The van der Waals surface area contributed by atoms with Gasteiger partial charge < -0.3 is 14.5 Å². The minimum absolute atomic E-state index is 0.0145. The normalized spacial score (nSPS) is 17.7. The zero-order chi connectivity index (χ0) is 21.8. The molecule has 8 heteroatoms. The van der Waals surface area contributed by atoms with Crippen molar-refractivity contribution in [1.82, 2.24) is 25.1 Å². The molecular formula is C24H22N6O2. The van der Waals surface area contributed by atoms with Crippen LogP contribution in [0.1, 0.15) is 5.56 Å². The Morgan fingerprint density at radius 3 is 3.06 bits per heavy atom. The molecule has 8 nitrogen and oxygen atoms in total. The maximum Gasteiger partial charge on any atom is 0.246 e. The molecule has 1 saturated heterocycles. The van der Waals surface area contributed by atoms with Crippen LogP contribution >= 0.6 is 0 Å². The fourth-order valence-corrected chi connectivity index (χ4v) is 4.92. The highest BCUT2D eigenvalue weighted by Crippen LogP contribution is 2.41. The lowest BCUT2D eigenvalue weighted by Crippen LogP contribution is -2.56. The van der Waals surface area contributed by atoms with Crippen molar-refractivity contribution in [2.75, 3.05) is 31.1 Å².